The molecule has 6 rings (SSSR count). The SMILES string of the molecule is COc1cccc2c1nc(C(F)F)n2-c1nc(N2CCOCC2)cc(N2CCN(C(=S)SCCN3CCOCC3)CC2)n1. The van der Waals surface area contributed by atoms with E-state index in [0.717, 1.165) is 56.0 Å². The summed E-state index contributed by atoms with van der Waals surface area (Å²) >= 11 is 7.50. The molecule has 0 amide bonds. The molecule has 0 N–H and O–H groups in total. The number of para-hydroxylation sites is 1. The summed E-state index contributed by atoms with van der Waals surface area (Å²) in [6.07, 6.45) is -2.83. The first-order valence-electron chi connectivity index (χ1n) is 14.5. The zero-order valence-corrected chi connectivity index (χ0v) is 25.8. The van der Waals surface area contributed by atoms with Crippen LogP contribution < -0.4 is 14.5 Å². The Balaban J connectivity index is 1.24. The van der Waals surface area contributed by atoms with E-state index in [1.54, 1.807) is 30.0 Å². The highest BCUT2D eigenvalue weighted by Crippen LogP contribution is 2.33. The Labute approximate surface area is 259 Å². The van der Waals surface area contributed by atoms with E-state index in [0.29, 0.717) is 67.8 Å². The number of fused-ring (bicyclic) bond motifs is 1. The number of ether oxygens (including phenoxy) is 3. The first-order chi connectivity index (χ1) is 21.0. The third-order valence-electron chi connectivity index (χ3n) is 7.91. The van der Waals surface area contributed by atoms with Gasteiger partial charge in [0, 0.05) is 70.7 Å². The molecule has 3 fully saturated rings. The van der Waals surface area contributed by atoms with Gasteiger partial charge in [-0.05, 0) is 12.1 Å². The molecule has 0 spiro atoms. The number of hydrogen-bond donors (Lipinski definition) is 0. The number of aromatic nitrogens is 4. The van der Waals surface area contributed by atoms with Crippen molar-refractivity contribution in [1.82, 2.24) is 29.3 Å². The summed E-state index contributed by atoms with van der Waals surface area (Å²) in [4.78, 5) is 22.8. The van der Waals surface area contributed by atoms with Gasteiger partial charge in [-0.25, -0.2) is 13.8 Å². The van der Waals surface area contributed by atoms with Crippen molar-refractivity contribution in [2.24, 2.45) is 0 Å². The molecule has 5 heterocycles. The average molecular weight is 635 g/mol. The maximum absolute atomic E-state index is 14.4. The number of imidazole rings is 1. The summed E-state index contributed by atoms with van der Waals surface area (Å²) in [6, 6.07) is 7.14. The van der Waals surface area contributed by atoms with Crippen molar-refractivity contribution >= 4 is 51.0 Å². The lowest BCUT2D eigenvalue weighted by atomic mass is 10.3. The van der Waals surface area contributed by atoms with Crippen LogP contribution in [0.1, 0.15) is 12.2 Å². The monoisotopic (exact) mass is 634 g/mol. The molecular weight excluding hydrogens is 598 g/mol. The molecule has 3 aliphatic rings. The molecular formula is C28H36F2N8O3S2. The zero-order chi connectivity index (χ0) is 29.8. The second kappa shape index (κ2) is 13.8. The number of thiocarbonyl (C=S) groups is 1. The zero-order valence-electron chi connectivity index (χ0n) is 24.2. The van der Waals surface area contributed by atoms with Crippen molar-refractivity contribution in [3.63, 3.8) is 0 Å². The van der Waals surface area contributed by atoms with Crippen LogP contribution in [0, 0.1) is 0 Å². The van der Waals surface area contributed by atoms with Gasteiger partial charge >= 0.3 is 0 Å². The number of alkyl halides is 2. The Bertz CT molecular complexity index is 1410. The van der Waals surface area contributed by atoms with Crippen molar-refractivity contribution in [3.05, 3.63) is 30.1 Å². The molecule has 11 nitrogen and oxygen atoms in total. The minimum Gasteiger partial charge on any atom is -0.494 e. The number of thioether (sulfide) groups is 1. The molecule has 43 heavy (non-hydrogen) atoms. The van der Waals surface area contributed by atoms with Crippen LogP contribution in [-0.4, -0.2) is 132 Å². The molecule has 3 aromatic rings. The van der Waals surface area contributed by atoms with Gasteiger partial charge in [0.2, 0.25) is 5.95 Å². The summed E-state index contributed by atoms with van der Waals surface area (Å²) in [6.45, 7) is 9.88. The maximum Gasteiger partial charge on any atom is 0.296 e. The Morgan fingerprint density at radius 1 is 0.930 bits per heavy atom. The number of anilines is 2. The Kier molecular flexibility index (Phi) is 9.72. The van der Waals surface area contributed by atoms with Gasteiger partial charge in [0.05, 0.1) is 39.1 Å². The largest absolute Gasteiger partial charge is 0.494 e. The number of methoxy groups -OCH3 is 1. The van der Waals surface area contributed by atoms with Crippen LogP contribution in [0.2, 0.25) is 0 Å². The molecule has 15 heteroatoms. The fraction of sp³-hybridized carbons (Fsp3) is 0.571. The lowest BCUT2D eigenvalue weighted by Crippen LogP contribution is -2.48. The molecule has 0 radical (unpaired) electrons. The van der Waals surface area contributed by atoms with E-state index in [1.165, 1.54) is 11.7 Å². The third kappa shape index (κ3) is 6.80. The van der Waals surface area contributed by atoms with Crippen molar-refractivity contribution in [3.8, 4) is 11.7 Å². The second-order valence-corrected chi connectivity index (χ2v) is 12.2. The van der Waals surface area contributed by atoms with Gasteiger partial charge in [-0.3, -0.25) is 9.47 Å². The molecule has 0 aliphatic carbocycles. The maximum atomic E-state index is 14.4. The smallest absolute Gasteiger partial charge is 0.296 e. The Morgan fingerprint density at radius 2 is 1.58 bits per heavy atom. The first kappa shape index (κ1) is 30.2. The normalized spacial score (nSPS) is 18.6. The van der Waals surface area contributed by atoms with Crippen LogP contribution in [-0.2, 0) is 9.47 Å². The van der Waals surface area contributed by atoms with Gasteiger partial charge in [-0.15, -0.1) is 0 Å². The number of hydrogen-bond acceptors (Lipinski definition) is 11. The van der Waals surface area contributed by atoms with Crippen LogP contribution in [0.25, 0.3) is 17.0 Å². The van der Waals surface area contributed by atoms with E-state index >= 15 is 0 Å². The molecule has 3 saturated heterocycles. The highest BCUT2D eigenvalue weighted by molar-refractivity contribution is 8.22. The minimum absolute atomic E-state index is 0.154. The Morgan fingerprint density at radius 3 is 2.23 bits per heavy atom. The minimum atomic E-state index is -2.83. The molecule has 2 aromatic heterocycles. The van der Waals surface area contributed by atoms with E-state index in [2.05, 4.69) is 24.6 Å². The number of halogens is 2. The molecule has 232 valence electrons. The van der Waals surface area contributed by atoms with Crippen molar-refractivity contribution in [2.45, 2.75) is 6.43 Å². The third-order valence-corrected chi connectivity index (χ3v) is 9.41. The number of rotatable bonds is 8. The van der Waals surface area contributed by atoms with Crippen LogP contribution in [0.5, 0.6) is 5.75 Å². The molecule has 1 aromatic carbocycles. The summed E-state index contributed by atoms with van der Waals surface area (Å²) < 4.78 is 47.4. The average Bonchev–Trinajstić information content (AvgIpc) is 3.46. The van der Waals surface area contributed by atoms with Crippen molar-refractivity contribution in [2.75, 3.05) is 108 Å². The summed E-state index contributed by atoms with van der Waals surface area (Å²) in [5, 5.41) is 0. The van der Waals surface area contributed by atoms with Crippen LogP contribution >= 0.6 is 24.0 Å². The summed E-state index contributed by atoms with van der Waals surface area (Å²) in [5.74, 6) is 2.45. The molecule has 3 aliphatic heterocycles. The Hall–Kier alpha value is -2.85. The fourth-order valence-electron chi connectivity index (χ4n) is 5.54. The number of nitrogens with zero attached hydrogens (tertiary/aromatic N) is 8. The van der Waals surface area contributed by atoms with E-state index in [1.807, 2.05) is 6.07 Å². The standard InChI is InChI=1S/C28H36F2N8O3S2/c1-39-21-4-2-3-20-24(21)33-26(25(29)30)38(20)27-31-22(19-23(32-27)36-11-16-41-17-12-36)35-5-7-37(8-6-35)28(42)43-18-13-34-9-14-40-15-10-34/h2-4,19,25H,5-18H2,1H3. The molecule has 0 atom stereocenters. The second-order valence-electron chi connectivity index (χ2n) is 10.5. The highest BCUT2D eigenvalue weighted by Gasteiger charge is 2.27. The first-order valence-corrected chi connectivity index (χ1v) is 15.9. The highest BCUT2D eigenvalue weighted by atomic mass is 32.2. The number of piperazine rings is 1. The van der Waals surface area contributed by atoms with E-state index in [9.17, 15) is 8.78 Å². The van der Waals surface area contributed by atoms with E-state index < -0.39 is 12.2 Å². The van der Waals surface area contributed by atoms with Gasteiger partial charge < -0.3 is 28.9 Å². The summed E-state index contributed by atoms with van der Waals surface area (Å²) in [7, 11) is 1.50. The van der Waals surface area contributed by atoms with Gasteiger partial charge in [0.15, 0.2) is 5.82 Å². The van der Waals surface area contributed by atoms with Gasteiger partial charge in [-0.1, -0.05) is 30.0 Å². The van der Waals surface area contributed by atoms with Crippen LogP contribution in [0.4, 0.5) is 20.4 Å². The van der Waals surface area contributed by atoms with E-state index in [-0.39, 0.29) is 5.95 Å². The van der Waals surface area contributed by atoms with Crippen molar-refractivity contribution in [1.29, 1.82) is 0 Å². The van der Waals surface area contributed by atoms with Crippen LogP contribution in [0.3, 0.4) is 0 Å². The predicted molar refractivity (Wildman–Crippen MR) is 167 cm³/mol. The van der Waals surface area contributed by atoms with Gasteiger partial charge in [-0.2, -0.15) is 9.97 Å². The molecule has 0 bridgehead atoms. The predicted octanol–water partition coefficient (Wildman–Crippen LogP) is 3.07. The fourth-order valence-corrected chi connectivity index (χ4v) is 6.86. The number of morpholine rings is 2. The quantitative estimate of drug-likeness (QED) is 0.342. The van der Waals surface area contributed by atoms with Crippen molar-refractivity contribution < 1.29 is 23.0 Å². The molecule has 0 unspecified atom stereocenters. The van der Waals surface area contributed by atoms with E-state index in [4.69, 9.17) is 36.4 Å². The summed E-state index contributed by atoms with van der Waals surface area (Å²) in [5.41, 5.74) is 0.805. The van der Waals surface area contributed by atoms with Gasteiger partial charge in [0.25, 0.3) is 6.43 Å². The van der Waals surface area contributed by atoms with Gasteiger partial charge in [0.1, 0.15) is 27.2 Å². The topological polar surface area (TPSA) is 84.2 Å². The van der Waals surface area contributed by atoms with Crippen LogP contribution in [0.15, 0.2) is 24.3 Å². The number of benzene rings is 1. The molecule has 0 saturated carbocycles. The lowest BCUT2D eigenvalue weighted by molar-refractivity contribution is 0.0410. The lowest BCUT2D eigenvalue weighted by Gasteiger charge is -2.37.